The number of hydrogen-bond donors (Lipinski definition) is 2. The largest absolute Gasteiger partial charge is 0.495 e. The third-order valence-corrected chi connectivity index (χ3v) is 17.2. The van der Waals surface area contributed by atoms with E-state index < -0.39 is 83.2 Å². The van der Waals surface area contributed by atoms with Crippen molar-refractivity contribution in [3.05, 3.63) is 46.5 Å². The number of nitrogens with zero attached hydrogens (tertiary/aromatic N) is 4. The molecule has 22 heteroatoms. The van der Waals surface area contributed by atoms with E-state index in [0.717, 1.165) is 16.0 Å². The van der Waals surface area contributed by atoms with Crippen LogP contribution in [0.25, 0.3) is 0 Å². The molecule has 1 aromatic carbocycles. The lowest BCUT2D eigenvalue weighted by atomic mass is 9.79. The Morgan fingerprint density at radius 2 is 1.69 bits per heavy atom. The Morgan fingerprint density at radius 1 is 1.00 bits per heavy atom. The van der Waals surface area contributed by atoms with E-state index >= 15 is 0 Å². The number of thioether (sulfide) groups is 1. The molecule has 7 amide bonds. The summed E-state index contributed by atoms with van der Waals surface area (Å²) in [6, 6.07) is 2.38. The summed E-state index contributed by atoms with van der Waals surface area (Å²) >= 11 is 8.00. The van der Waals surface area contributed by atoms with Gasteiger partial charge in [0.05, 0.1) is 37.1 Å². The smallest absolute Gasteiger partial charge is 0.409 e. The Kier molecular flexibility index (Phi) is 17.7. The number of rotatable bonds is 14. The van der Waals surface area contributed by atoms with Crippen LogP contribution in [0, 0.1) is 17.8 Å². The van der Waals surface area contributed by atoms with Crippen molar-refractivity contribution >= 4 is 82.3 Å². The van der Waals surface area contributed by atoms with E-state index in [0.29, 0.717) is 43.5 Å². The molecule has 0 spiro atoms. The number of likely N-dealkylation sites (tertiary alicyclic amines) is 2. The van der Waals surface area contributed by atoms with Crippen molar-refractivity contribution in [2.75, 3.05) is 52.1 Å². The number of hydrogen-bond acceptors (Lipinski definition) is 16. The minimum Gasteiger partial charge on any atom is -0.495 e. The van der Waals surface area contributed by atoms with Gasteiger partial charge in [0.15, 0.2) is 11.5 Å². The molecule has 6 aliphatic rings. The van der Waals surface area contributed by atoms with Crippen LogP contribution in [0.4, 0.5) is 10.5 Å². The first-order valence-electron chi connectivity index (χ1n) is 25.1. The summed E-state index contributed by atoms with van der Waals surface area (Å²) in [5.41, 5.74) is -1.21. The molecule has 1 aromatic rings. The third-order valence-electron chi connectivity index (χ3n) is 15.6. The number of alkyl carbamates (subject to hydrolysis) is 1. The predicted molar refractivity (Wildman–Crippen MR) is 270 cm³/mol. The molecule has 5 heterocycles. The number of methoxy groups -OCH3 is 2. The number of Topliss-reactive ketones (excluding diaryl/α,β-unsaturated/α-hetero) is 1. The molecule has 20 nitrogen and oxygen atoms in total. The number of allylic oxidation sites excluding steroid dienone is 3. The van der Waals surface area contributed by atoms with Gasteiger partial charge in [0, 0.05) is 77.4 Å². The van der Waals surface area contributed by atoms with Crippen LogP contribution < -0.4 is 15.0 Å². The van der Waals surface area contributed by atoms with Crippen LogP contribution in [-0.2, 0) is 63.7 Å². The van der Waals surface area contributed by atoms with E-state index in [-0.39, 0.29) is 97.2 Å². The zero-order valence-corrected chi connectivity index (χ0v) is 44.8. The zero-order chi connectivity index (χ0) is 54.0. The monoisotopic (exact) mass is 1070 g/mol. The Balaban J connectivity index is 0.986. The second-order valence-corrected chi connectivity index (χ2v) is 22.3. The lowest BCUT2D eigenvalue weighted by Gasteiger charge is -2.42. The highest BCUT2D eigenvalue weighted by atomic mass is 35.5. The first-order chi connectivity index (χ1) is 35.0. The van der Waals surface area contributed by atoms with Crippen molar-refractivity contribution < 1.29 is 71.9 Å². The fourth-order valence-electron chi connectivity index (χ4n) is 10.7. The van der Waals surface area contributed by atoms with E-state index in [9.17, 15) is 48.3 Å². The SMILES string of the molecule is COc1cc2cc(c1Cl)N(C)C(=O)C[C@H](OC(=O)[C@H](C)N(C)C(=O)CCS[C@H]1CC(=O)N(C[C@H]3CC[C@H](C(=O)CN4C(=O)CCC4=O)CC3)C1=O)[C@]1(C)O[C@H]1[C@H](C)[C@@H]1C[C@@](O)(NC(=O)O1)[C@H](OC)/C=C/C=C(\C)C2. The lowest BCUT2D eigenvalue weighted by molar-refractivity contribution is -0.162. The topological polar surface area (TPSA) is 248 Å². The molecule has 5 aliphatic heterocycles. The summed E-state index contributed by atoms with van der Waals surface area (Å²) in [7, 11) is 5.86. The normalized spacial score (nSPS) is 32.2. The van der Waals surface area contributed by atoms with E-state index in [2.05, 4.69) is 5.32 Å². The Morgan fingerprint density at radius 3 is 2.35 bits per heavy atom. The van der Waals surface area contributed by atoms with Crippen molar-refractivity contribution in [1.29, 1.82) is 0 Å². The van der Waals surface area contributed by atoms with Gasteiger partial charge < -0.3 is 38.6 Å². The summed E-state index contributed by atoms with van der Waals surface area (Å²) in [6.45, 7) is 6.84. The van der Waals surface area contributed by atoms with Crippen molar-refractivity contribution in [2.24, 2.45) is 17.8 Å². The fourth-order valence-corrected chi connectivity index (χ4v) is 12.1. The maximum absolute atomic E-state index is 14.4. The second-order valence-electron chi connectivity index (χ2n) is 20.6. The molecule has 1 saturated carbocycles. The van der Waals surface area contributed by atoms with Crippen molar-refractivity contribution in [2.45, 2.75) is 145 Å². The molecule has 4 saturated heterocycles. The number of fused-ring (bicyclic) bond motifs is 5. The Labute approximate surface area is 440 Å². The van der Waals surface area contributed by atoms with E-state index in [4.69, 9.17) is 35.3 Å². The van der Waals surface area contributed by atoms with Crippen molar-refractivity contribution in [3.63, 3.8) is 0 Å². The number of nitrogens with one attached hydrogen (secondary N) is 1. The Bertz CT molecular complexity index is 2460. The number of carbonyl (C=O) groups excluding carboxylic acids is 9. The minimum atomic E-state index is -1.89. The molecule has 74 heavy (non-hydrogen) atoms. The van der Waals surface area contributed by atoms with Gasteiger partial charge >= 0.3 is 12.1 Å². The van der Waals surface area contributed by atoms with Crippen LogP contribution in [-0.4, -0.2) is 167 Å². The molecule has 4 bridgehead atoms. The van der Waals surface area contributed by atoms with Gasteiger partial charge in [0.1, 0.15) is 40.7 Å². The number of benzene rings is 1. The van der Waals surface area contributed by atoms with E-state index in [1.807, 2.05) is 13.0 Å². The van der Waals surface area contributed by atoms with E-state index in [1.54, 1.807) is 45.2 Å². The number of epoxide rings is 1. The Hall–Kier alpha value is -5.35. The molecule has 0 unspecified atom stereocenters. The highest BCUT2D eigenvalue weighted by Gasteiger charge is 2.64. The van der Waals surface area contributed by atoms with Crippen LogP contribution >= 0.6 is 23.4 Å². The standard InChI is InChI=1S/C52H68ClN5O15S/c1-28-10-9-11-39(70-8)52(68)25-37(71-50(67)54-52)29(2)47-51(4,73-47)40(24-44(63)56(6)34-21-32(20-28)22-36(69-7)46(34)53)72-49(66)30(3)55(5)41(60)18-19-74-38-23-45(64)58(48(38)65)26-31-12-14-33(15-13-31)35(59)27-57-42(61)16-17-43(57)62/h9-11,21-22,29-31,33,37-40,47,68H,12-20,23-27H2,1-8H3,(H,54,67)/b11-9+,28-10+/t29-,30+,31-,33-,37+,38+,39-,40+,47+,51+,52+/m1/s1. The molecule has 1 aliphatic carbocycles. The van der Waals surface area contributed by atoms with Gasteiger partial charge in [-0.25, -0.2) is 9.59 Å². The second kappa shape index (κ2) is 23.3. The predicted octanol–water partition coefficient (Wildman–Crippen LogP) is 4.29. The number of esters is 1. The number of amides is 7. The zero-order valence-electron chi connectivity index (χ0n) is 43.2. The summed E-state index contributed by atoms with van der Waals surface area (Å²) in [5, 5.41) is 13.8. The van der Waals surface area contributed by atoms with Crippen LogP contribution in [0.5, 0.6) is 5.75 Å². The summed E-state index contributed by atoms with van der Waals surface area (Å²) < 4.78 is 29.4. The van der Waals surface area contributed by atoms with Crippen molar-refractivity contribution in [1.82, 2.24) is 20.0 Å². The molecular formula is C52H68ClN5O15S. The summed E-state index contributed by atoms with van der Waals surface area (Å²) in [5.74, 6) is -3.62. The molecule has 5 fully saturated rings. The van der Waals surface area contributed by atoms with Gasteiger partial charge in [-0.2, -0.15) is 0 Å². The highest BCUT2D eigenvalue weighted by molar-refractivity contribution is 8.00. The van der Waals surface area contributed by atoms with Gasteiger partial charge in [-0.1, -0.05) is 42.3 Å². The first kappa shape index (κ1) is 56.4. The van der Waals surface area contributed by atoms with Crippen LogP contribution in [0.15, 0.2) is 35.9 Å². The molecule has 9 atom stereocenters. The van der Waals surface area contributed by atoms with Crippen LogP contribution in [0.3, 0.4) is 0 Å². The maximum Gasteiger partial charge on any atom is 0.409 e. The van der Waals surface area contributed by atoms with E-state index in [1.165, 1.54) is 54.7 Å². The molecule has 0 radical (unpaired) electrons. The lowest BCUT2D eigenvalue weighted by Crippen LogP contribution is -2.63. The first-order valence-corrected chi connectivity index (χ1v) is 26.6. The number of aliphatic hydroxyl groups is 1. The average Bonchev–Trinajstić information content (AvgIpc) is 3.87. The van der Waals surface area contributed by atoms with Gasteiger partial charge in [-0.15, -0.1) is 11.8 Å². The number of ether oxygens (including phenoxy) is 5. The number of carbonyl (C=O) groups is 9. The molecule has 2 N–H and O–H groups in total. The number of anilines is 1. The maximum atomic E-state index is 14.4. The molecule has 0 aromatic heterocycles. The highest BCUT2D eigenvalue weighted by Crippen LogP contribution is 2.49. The minimum absolute atomic E-state index is 0.00187. The van der Waals surface area contributed by atoms with Crippen molar-refractivity contribution in [3.8, 4) is 5.75 Å². The number of halogens is 1. The average molecular weight is 1070 g/mol. The third kappa shape index (κ3) is 12.3. The number of likely N-dealkylation sites (N-methyl/N-ethyl adjacent to an activating group) is 1. The van der Waals surface area contributed by atoms with Gasteiger partial charge in [0.2, 0.25) is 35.4 Å². The van der Waals surface area contributed by atoms with Crippen LogP contribution in [0.2, 0.25) is 5.02 Å². The molecule has 7 rings (SSSR count). The van der Waals surface area contributed by atoms with Crippen LogP contribution in [0.1, 0.15) is 97.5 Å². The quantitative estimate of drug-likeness (QED) is 0.150. The van der Waals surface area contributed by atoms with Gasteiger partial charge in [-0.3, -0.25) is 48.7 Å². The summed E-state index contributed by atoms with van der Waals surface area (Å²) in [6.07, 6.45) is 2.77. The van der Waals surface area contributed by atoms with Gasteiger partial charge in [-0.05, 0) is 76.5 Å². The number of ketones is 1. The molecule has 404 valence electrons. The number of imide groups is 2. The molecular weight excluding hydrogens is 1000 g/mol. The van der Waals surface area contributed by atoms with Gasteiger partial charge in [0.25, 0.3) is 0 Å². The fraction of sp³-hybridized carbons (Fsp3) is 0.635. The summed E-state index contributed by atoms with van der Waals surface area (Å²) in [4.78, 5) is 123.